The van der Waals surface area contributed by atoms with E-state index in [0.717, 1.165) is 5.56 Å². The van der Waals surface area contributed by atoms with E-state index in [2.05, 4.69) is 5.32 Å². The first-order valence-corrected chi connectivity index (χ1v) is 9.55. The Hall–Kier alpha value is -3.06. The molecule has 29 heavy (non-hydrogen) atoms. The van der Waals surface area contributed by atoms with E-state index in [1.165, 1.54) is 14.2 Å². The minimum Gasteiger partial charge on any atom is -0.493 e. The van der Waals surface area contributed by atoms with E-state index in [4.69, 9.17) is 14.2 Å². The monoisotopic (exact) mass is 398 g/mol. The van der Waals surface area contributed by atoms with Crippen LogP contribution in [-0.2, 0) is 16.0 Å². The molecular weight excluding hydrogens is 372 g/mol. The van der Waals surface area contributed by atoms with Crippen molar-refractivity contribution in [1.82, 2.24) is 10.2 Å². The number of morpholine rings is 1. The van der Waals surface area contributed by atoms with Crippen molar-refractivity contribution in [3.63, 3.8) is 0 Å². The average Bonchev–Trinajstić information content (AvgIpc) is 2.78. The Bertz CT molecular complexity index is 834. The van der Waals surface area contributed by atoms with Crippen molar-refractivity contribution in [2.24, 2.45) is 0 Å². The number of benzene rings is 2. The molecule has 2 amide bonds. The lowest BCUT2D eigenvalue weighted by atomic mass is 10.0. The molecule has 7 nitrogen and oxygen atoms in total. The Labute approximate surface area is 170 Å². The van der Waals surface area contributed by atoms with Crippen molar-refractivity contribution >= 4 is 11.8 Å². The summed E-state index contributed by atoms with van der Waals surface area (Å²) in [6, 6.07) is 13.9. The van der Waals surface area contributed by atoms with Crippen molar-refractivity contribution in [2.45, 2.75) is 12.5 Å². The van der Waals surface area contributed by atoms with Gasteiger partial charge in [0.05, 0.1) is 27.4 Å². The van der Waals surface area contributed by atoms with Gasteiger partial charge in [-0.05, 0) is 23.8 Å². The zero-order chi connectivity index (χ0) is 20.6. The summed E-state index contributed by atoms with van der Waals surface area (Å²) >= 11 is 0. The lowest BCUT2D eigenvalue weighted by molar-refractivity contribution is -0.137. The molecule has 0 spiro atoms. The van der Waals surface area contributed by atoms with Crippen LogP contribution in [0.2, 0.25) is 0 Å². The van der Waals surface area contributed by atoms with Gasteiger partial charge in [-0.15, -0.1) is 0 Å². The summed E-state index contributed by atoms with van der Waals surface area (Å²) in [6.07, 6.45) is 0.413. The van der Waals surface area contributed by atoms with Crippen LogP contribution in [0.1, 0.15) is 15.9 Å². The van der Waals surface area contributed by atoms with Gasteiger partial charge in [0.1, 0.15) is 6.04 Å². The molecule has 0 aromatic heterocycles. The van der Waals surface area contributed by atoms with Gasteiger partial charge in [0.2, 0.25) is 5.91 Å². The van der Waals surface area contributed by atoms with Gasteiger partial charge in [0.25, 0.3) is 5.91 Å². The molecule has 7 heteroatoms. The molecule has 2 aromatic rings. The highest BCUT2D eigenvalue weighted by molar-refractivity contribution is 5.98. The van der Waals surface area contributed by atoms with Crippen LogP contribution in [0.5, 0.6) is 11.5 Å². The summed E-state index contributed by atoms with van der Waals surface area (Å²) in [5.41, 5.74) is 1.38. The molecule has 0 saturated carbocycles. The molecule has 154 valence electrons. The van der Waals surface area contributed by atoms with Gasteiger partial charge < -0.3 is 24.4 Å². The first-order valence-electron chi connectivity index (χ1n) is 9.55. The summed E-state index contributed by atoms with van der Waals surface area (Å²) in [6.45, 7) is 2.06. The smallest absolute Gasteiger partial charge is 0.252 e. The molecule has 1 aliphatic rings. The molecule has 1 atom stereocenters. The average molecular weight is 398 g/mol. The number of methoxy groups -OCH3 is 2. The van der Waals surface area contributed by atoms with E-state index >= 15 is 0 Å². The van der Waals surface area contributed by atoms with Crippen LogP contribution in [0.4, 0.5) is 0 Å². The maximum absolute atomic E-state index is 13.1. The van der Waals surface area contributed by atoms with E-state index in [9.17, 15) is 9.59 Å². The number of carbonyl (C=O) groups is 2. The third-order valence-electron chi connectivity index (χ3n) is 4.85. The number of nitrogens with one attached hydrogen (secondary N) is 1. The summed E-state index contributed by atoms with van der Waals surface area (Å²) in [7, 11) is 3.05. The van der Waals surface area contributed by atoms with Crippen LogP contribution in [-0.4, -0.2) is 63.3 Å². The minimum atomic E-state index is -0.670. The zero-order valence-electron chi connectivity index (χ0n) is 16.7. The summed E-state index contributed by atoms with van der Waals surface area (Å²) < 4.78 is 15.8. The number of hydrogen-bond acceptors (Lipinski definition) is 5. The van der Waals surface area contributed by atoms with Crippen LogP contribution in [0, 0.1) is 0 Å². The third-order valence-corrected chi connectivity index (χ3v) is 4.85. The standard InChI is InChI=1S/C22H26N2O5/c1-27-19-9-8-17(15-20(19)28-2)21(25)23-18(14-16-6-4-3-5-7-16)22(26)24-10-12-29-13-11-24/h3-9,15,18H,10-14H2,1-2H3,(H,23,25)/t18-/m0/s1. The van der Waals surface area contributed by atoms with E-state index < -0.39 is 6.04 Å². The molecule has 0 radical (unpaired) electrons. The lowest BCUT2D eigenvalue weighted by Gasteiger charge is -2.31. The van der Waals surface area contributed by atoms with E-state index in [-0.39, 0.29) is 11.8 Å². The minimum absolute atomic E-state index is 0.106. The summed E-state index contributed by atoms with van der Waals surface area (Å²) in [5, 5.41) is 2.90. The lowest BCUT2D eigenvalue weighted by Crippen LogP contribution is -2.52. The number of amides is 2. The number of hydrogen-bond donors (Lipinski definition) is 1. The third kappa shape index (κ3) is 5.26. The second-order valence-corrected chi connectivity index (χ2v) is 6.72. The number of nitrogens with zero attached hydrogens (tertiary/aromatic N) is 1. The van der Waals surface area contributed by atoms with Crippen molar-refractivity contribution < 1.29 is 23.8 Å². The highest BCUT2D eigenvalue weighted by atomic mass is 16.5. The predicted molar refractivity (Wildman–Crippen MR) is 108 cm³/mol. The normalized spacial score (nSPS) is 14.8. The molecule has 1 saturated heterocycles. The van der Waals surface area contributed by atoms with Crippen molar-refractivity contribution in [2.75, 3.05) is 40.5 Å². The highest BCUT2D eigenvalue weighted by Crippen LogP contribution is 2.27. The van der Waals surface area contributed by atoms with Gasteiger partial charge in [0.15, 0.2) is 11.5 Å². The molecule has 0 aliphatic carbocycles. The fourth-order valence-electron chi connectivity index (χ4n) is 3.27. The Morgan fingerprint density at radius 3 is 2.38 bits per heavy atom. The van der Waals surface area contributed by atoms with Crippen LogP contribution in [0.25, 0.3) is 0 Å². The largest absolute Gasteiger partial charge is 0.493 e. The van der Waals surface area contributed by atoms with Crippen LogP contribution in [0.15, 0.2) is 48.5 Å². The molecule has 2 aromatic carbocycles. The van der Waals surface area contributed by atoms with Gasteiger partial charge in [-0.3, -0.25) is 9.59 Å². The van der Waals surface area contributed by atoms with Crippen LogP contribution in [0.3, 0.4) is 0 Å². The fourth-order valence-corrected chi connectivity index (χ4v) is 3.27. The molecule has 1 N–H and O–H groups in total. The highest BCUT2D eigenvalue weighted by Gasteiger charge is 2.28. The van der Waals surface area contributed by atoms with Crippen LogP contribution < -0.4 is 14.8 Å². The molecule has 1 fully saturated rings. The van der Waals surface area contributed by atoms with Gasteiger partial charge in [-0.1, -0.05) is 30.3 Å². The van der Waals surface area contributed by atoms with Gasteiger partial charge in [0, 0.05) is 25.1 Å². The molecule has 1 heterocycles. The molecule has 3 rings (SSSR count). The number of rotatable bonds is 7. The zero-order valence-corrected chi connectivity index (χ0v) is 16.7. The van der Waals surface area contributed by atoms with Crippen LogP contribution >= 0.6 is 0 Å². The second kappa shape index (κ2) is 9.93. The summed E-state index contributed by atoms with van der Waals surface area (Å²) in [5.74, 6) is 0.549. The maximum atomic E-state index is 13.1. The second-order valence-electron chi connectivity index (χ2n) is 6.72. The first-order chi connectivity index (χ1) is 14.1. The van der Waals surface area contributed by atoms with E-state index in [0.29, 0.717) is 49.8 Å². The Kier molecular flexibility index (Phi) is 7.08. The van der Waals surface area contributed by atoms with Gasteiger partial charge >= 0.3 is 0 Å². The first kappa shape index (κ1) is 20.7. The molecule has 0 unspecified atom stereocenters. The van der Waals surface area contributed by atoms with Gasteiger partial charge in [-0.25, -0.2) is 0 Å². The number of carbonyl (C=O) groups excluding carboxylic acids is 2. The Morgan fingerprint density at radius 1 is 1.03 bits per heavy atom. The summed E-state index contributed by atoms with van der Waals surface area (Å²) in [4.78, 5) is 27.7. The van der Waals surface area contributed by atoms with Crippen molar-refractivity contribution in [3.05, 3.63) is 59.7 Å². The number of ether oxygens (including phenoxy) is 3. The van der Waals surface area contributed by atoms with Crippen molar-refractivity contribution in [1.29, 1.82) is 0 Å². The molecule has 1 aliphatic heterocycles. The predicted octanol–water partition coefficient (Wildman–Crippen LogP) is 1.90. The molecular formula is C22H26N2O5. The SMILES string of the molecule is COc1ccc(C(=O)N[C@@H](Cc2ccccc2)C(=O)N2CCOCC2)cc1OC. The molecule has 0 bridgehead atoms. The fraction of sp³-hybridized carbons (Fsp3) is 0.364. The van der Waals surface area contributed by atoms with Crippen molar-refractivity contribution in [3.8, 4) is 11.5 Å². The Balaban J connectivity index is 1.79. The maximum Gasteiger partial charge on any atom is 0.252 e. The quantitative estimate of drug-likeness (QED) is 0.771. The Morgan fingerprint density at radius 2 is 1.72 bits per heavy atom. The topological polar surface area (TPSA) is 77.1 Å². The van der Waals surface area contributed by atoms with E-state index in [1.807, 2.05) is 30.3 Å². The van der Waals surface area contributed by atoms with Gasteiger partial charge in [-0.2, -0.15) is 0 Å². The van der Waals surface area contributed by atoms with E-state index in [1.54, 1.807) is 23.1 Å².